The maximum atomic E-state index is 13.0. The molecule has 132 valence electrons. The highest BCUT2D eigenvalue weighted by atomic mass is 16.2. The van der Waals surface area contributed by atoms with Gasteiger partial charge in [0.25, 0.3) is 5.91 Å². The third-order valence-electron chi connectivity index (χ3n) is 4.66. The monoisotopic (exact) mass is 347 g/mol. The number of hydrogen-bond donors (Lipinski definition) is 2. The maximum Gasteiger partial charge on any atom is 0.255 e. The van der Waals surface area contributed by atoms with E-state index in [0.29, 0.717) is 18.7 Å². The van der Waals surface area contributed by atoms with Gasteiger partial charge in [-0.1, -0.05) is 30.3 Å². The molecule has 2 aromatic heterocycles. The molecular weight excluding hydrogens is 326 g/mol. The molecule has 26 heavy (non-hydrogen) atoms. The third kappa shape index (κ3) is 3.65. The van der Waals surface area contributed by atoms with Crippen molar-refractivity contribution in [3.8, 4) is 11.3 Å². The molecule has 1 unspecified atom stereocenters. The smallest absolute Gasteiger partial charge is 0.255 e. The Balaban J connectivity index is 1.47. The second-order valence-corrected chi connectivity index (χ2v) is 6.52. The molecule has 0 bridgehead atoms. The number of rotatable bonds is 4. The van der Waals surface area contributed by atoms with Gasteiger partial charge in [-0.25, -0.2) is 0 Å². The topological polar surface area (TPSA) is 73.9 Å². The normalized spacial score (nSPS) is 17.2. The summed E-state index contributed by atoms with van der Waals surface area (Å²) in [6, 6.07) is 14.4. The molecule has 3 heterocycles. The van der Waals surface area contributed by atoms with E-state index >= 15 is 0 Å². The molecule has 1 amide bonds. The van der Waals surface area contributed by atoms with Crippen LogP contribution in [0.15, 0.2) is 61.1 Å². The Bertz CT molecular complexity index is 863. The fourth-order valence-corrected chi connectivity index (χ4v) is 3.35. The molecule has 0 saturated carbocycles. The van der Waals surface area contributed by atoms with Gasteiger partial charge >= 0.3 is 0 Å². The van der Waals surface area contributed by atoms with E-state index in [1.54, 1.807) is 18.6 Å². The highest BCUT2D eigenvalue weighted by molar-refractivity contribution is 5.95. The number of aromatic nitrogens is 3. The van der Waals surface area contributed by atoms with E-state index in [2.05, 4.69) is 32.6 Å². The molecule has 6 heteroatoms. The molecular formula is C20H21N5O. The second-order valence-electron chi connectivity index (χ2n) is 6.52. The highest BCUT2D eigenvalue weighted by Crippen LogP contribution is 2.18. The lowest BCUT2D eigenvalue weighted by atomic mass is 10.0. The molecule has 0 spiro atoms. The number of nitrogens with one attached hydrogen (secondary N) is 2. The Hall–Kier alpha value is -2.99. The Kier molecular flexibility index (Phi) is 4.75. The van der Waals surface area contributed by atoms with Crippen LogP contribution in [-0.4, -0.2) is 51.7 Å². The van der Waals surface area contributed by atoms with Crippen LogP contribution in [0.5, 0.6) is 0 Å². The van der Waals surface area contributed by atoms with E-state index in [-0.39, 0.29) is 11.9 Å². The maximum absolute atomic E-state index is 13.0. The first-order valence-electron chi connectivity index (χ1n) is 8.81. The molecule has 0 aliphatic carbocycles. The van der Waals surface area contributed by atoms with Crippen molar-refractivity contribution >= 4 is 5.91 Å². The number of amides is 1. The van der Waals surface area contributed by atoms with Gasteiger partial charge in [-0.2, -0.15) is 5.10 Å². The minimum atomic E-state index is 0.0263. The van der Waals surface area contributed by atoms with Gasteiger partial charge in [0.2, 0.25) is 0 Å². The van der Waals surface area contributed by atoms with Crippen LogP contribution >= 0.6 is 0 Å². The predicted octanol–water partition coefficient (Wildman–Crippen LogP) is 2.13. The van der Waals surface area contributed by atoms with Gasteiger partial charge in [0.05, 0.1) is 11.3 Å². The molecule has 0 radical (unpaired) electrons. The summed E-state index contributed by atoms with van der Waals surface area (Å²) in [6.07, 6.45) is 5.97. The number of aromatic amines is 1. The predicted molar refractivity (Wildman–Crippen MR) is 99.7 cm³/mol. The zero-order chi connectivity index (χ0) is 17.8. The quantitative estimate of drug-likeness (QED) is 0.758. The first-order valence-corrected chi connectivity index (χ1v) is 8.81. The van der Waals surface area contributed by atoms with Crippen molar-refractivity contribution < 1.29 is 4.79 Å². The molecule has 1 fully saturated rings. The lowest BCUT2D eigenvalue weighted by molar-refractivity contribution is 0.0702. The van der Waals surface area contributed by atoms with Crippen LogP contribution < -0.4 is 5.32 Å². The number of piperazine rings is 1. The van der Waals surface area contributed by atoms with Crippen LogP contribution in [0, 0.1) is 0 Å². The van der Waals surface area contributed by atoms with Gasteiger partial charge in [0.1, 0.15) is 0 Å². The van der Waals surface area contributed by atoms with Crippen LogP contribution in [0.3, 0.4) is 0 Å². The number of carbonyl (C=O) groups excluding carboxylic acids is 1. The number of hydrogen-bond acceptors (Lipinski definition) is 4. The molecule has 1 saturated heterocycles. The van der Waals surface area contributed by atoms with E-state index in [1.165, 1.54) is 5.56 Å². The second kappa shape index (κ2) is 7.49. The zero-order valence-electron chi connectivity index (χ0n) is 14.4. The molecule has 1 aromatic carbocycles. The first-order chi connectivity index (χ1) is 12.8. The molecule has 4 rings (SSSR count). The number of carbonyl (C=O) groups is 1. The number of nitrogens with zero attached hydrogens (tertiary/aromatic N) is 3. The van der Waals surface area contributed by atoms with Crippen LogP contribution in [0.1, 0.15) is 15.9 Å². The lowest BCUT2D eigenvalue weighted by Gasteiger charge is -2.34. The van der Waals surface area contributed by atoms with Crippen LogP contribution in [-0.2, 0) is 6.42 Å². The summed E-state index contributed by atoms with van der Waals surface area (Å²) in [6.45, 7) is 2.21. The summed E-state index contributed by atoms with van der Waals surface area (Å²) in [5.41, 5.74) is 3.61. The van der Waals surface area contributed by atoms with Crippen molar-refractivity contribution in [2.75, 3.05) is 19.6 Å². The van der Waals surface area contributed by atoms with Crippen LogP contribution in [0.4, 0.5) is 0 Å². The summed E-state index contributed by atoms with van der Waals surface area (Å²) in [4.78, 5) is 19.1. The largest absolute Gasteiger partial charge is 0.336 e. The van der Waals surface area contributed by atoms with E-state index in [9.17, 15) is 4.79 Å². The average molecular weight is 347 g/mol. The standard InChI is InChI=1S/C20H21N5O/c26-20(17-11-16(12-21-13-17)19-6-7-23-24-19)25-9-8-22-18(14-25)10-15-4-2-1-3-5-15/h1-7,11-13,18,22H,8-10,14H2,(H,23,24). The summed E-state index contributed by atoms with van der Waals surface area (Å²) in [5, 5.41) is 10.4. The number of pyridine rings is 1. The molecule has 6 nitrogen and oxygen atoms in total. The highest BCUT2D eigenvalue weighted by Gasteiger charge is 2.24. The van der Waals surface area contributed by atoms with Gasteiger partial charge in [-0.05, 0) is 24.1 Å². The van der Waals surface area contributed by atoms with Gasteiger partial charge in [-0.15, -0.1) is 0 Å². The van der Waals surface area contributed by atoms with E-state index in [0.717, 1.165) is 24.2 Å². The van der Waals surface area contributed by atoms with Crippen molar-refractivity contribution in [1.82, 2.24) is 25.4 Å². The Morgan fingerprint density at radius 3 is 2.88 bits per heavy atom. The third-order valence-corrected chi connectivity index (χ3v) is 4.66. The molecule has 1 atom stereocenters. The van der Waals surface area contributed by atoms with Gasteiger partial charge in [0.15, 0.2) is 0 Å². The molecule has 2 N–H and O–H groups in total. The lowest BCUT2D eigenvalue weighted by Crippen LogP contribution is -2.53. The van der Waals surface area contributed by atoms with Crippen LogP contribution in [0.25, 0.3) is 11.3 Å². The van der Waals surface area contributed by atoms with Crippen molar-refractivity contribution in [3.63, 3.8) is 0 Å². The SMILES string of the molecule is O=C(c1cncc(-c2ccn[nH]2)c1)N1CCNC(Cc2ccccc2)C1. The summed E-state index contributed by atoms with van der Waals surface area (Å²) < 4.78 is 0. The van der Waals surface area contributed by atoms with Gasteiger partial charge < -0.3 is 10.2 Å². The Labute approximate surface area is 152 Å². The summed E-state index contributed by atoms with van der Waals surface area (Å²) in [5.74, 6) is 0.0263. The first kappa shape index (κ1) is 16.5. The van der Waals surface area contributed by atoms with Gasteiger partial charge in [0, 0.05) is 49.8 Å². The fraction of sp³-hybridized carbons (Fsp3) is 0.250. The Morgan fingerprint density at radius 2 is 2.08 bits per heavy atom. The molecule has 1 aliphatic heterocycles. The Morgan fingerprint density at radius 1 is 1.19 bits per heavy atom. The molecule has 3 aromatic rings. The van der Waals surface area contributed by atoms with Crippen molar-refractivity contribution in [2.45, 2.75) is 12.5 Å². The van der Waals surface area contributed by atoms with E-state index < -0.39 is 0 Å². The minimum Gasteiger partial charge on any atom is -0.336 e. The fourth-order valence-electron chi connectivity index (χ4n) is 3.35. The summed E-state index contributed by atoms with van der Waals surface area (Å²) >= 11 is 0. The summed E-state index contributed by atoms with van der Waals surface area (Å²) in [7, 11) is 0. The van der Waals surface area contributed by atoms with Crippen molar-refractivity contribution in [2.24, 2.45) is 0 Å². The zero-order valence-corrected chi connectivity index (χ0v) is 14.4. The van der Waals surface area contributed by atoms with Gasteiger partial charge in [-0.3, -0.25) is 14.9 Å². The average Bonchev–Trinajstić information content (AvgIpc) is 3.23. The van der Waals surface area contributed by atoms with E-state index in [4.69, 9.17) is 0 Å². The number of benzene rings is 1. The van der Waals surface area contributed by atoms with Crippen LogP contribution in [0.2, 0.25) is 0 Å². The van der Waals surface area contributed by atoms with Crippen molar-refractivity contribution in [1.29, 1.82) is 0 Å². The van der Waals surface area contributed by atoms with Crippen molar-refractivity contribution in [3.05, 3.63) is 72.2 Å². The number of H-pyrrole nitrogens is 1. The molecule has 1 aliphatic rings. The van der Waals surface area contributed by atoms with E-state index in [1.807, 2.05) is 35.2 Å². The minimum absolute atomic E-state index is 0.0263.